The number of hydrogen-bond donors (Lipinski definition) is 17. The van der Waals surface area contributed by atoms with Gasteiger partial charge < -0.3 is 130 Å². The Kier molecular flexibility index (Phi) is 17.1. The van der Waals surface area contributed by atoms with Crippen molar-refractivity contribution in [2.24, 2.45) is 0 Å². The standard InChI is InChI=1S/C32H55NO26/c1-7(39)33-13-17(43)24(56-31-23(49)27(16(42)10(4-36)53-31)59-30-21(47)18(44)14(40)8(2-34)52-30)12(6-38)55-29(13)58-26-15(41)9(3-35)54-32(22(26)48)57-25-11(5-37)51-28(50)20(46)19(25)45/h8-32,34-38,40-50H,2-6H2,1H3,(H,33,39)/t8?,9?,10?,11?,12?,13?,14-,15-,16-,17+,18-,19+,20?,21?,22?,23?,24+,25+,26-,27-,28?,29-,30-,31-,32-/m0/s1. The number of ether oxygens (including phenoxy) is 9. The van der Waals surface area contributed by atoms with Crippen LogP contribution in [0.15, 0.2) is 0 Å². The summed E-state index contributed by atoms with van der Waals surface area (Å²) < 4.78 is 50.0. The molecule has 0 saturated carbocycles. The Morgan fingerprint density at radius 1 is 0.407 bits per heavy atom. The number of amides is 1. The maximum Gasteiger partial charge on any atom is 0.217 e. The Balaban J connectivity index is 1.35. The van der Waals surface area contributed by atoms with Crippen LogP contribution in [0.4, 0.5) is 0 Å². The van der Waals surface area contributed by atoms with Gasteiger partial charge in [0, 0.05) is 6.92 Å². The van der Waals surface area contributed by atoms with Crippen LogP contribution in [0.5, 0.6) is 0 Å². The predicted molar refractivity (Wildman–Crippen MR) is 178 cm³/mol. The Labute approximate surface area is 333 Å². The van der Waals surface area contributed by atoms with Crippen molar-refractivity contribution >= 4 is 5.91 Å². The zero-order valence-electron chi connectivity index (χ0n) is 31.2. The molecule has 17 N–H and O–H groups in total. The second-order valence-electron chi connectivity index (χ2n) is 14.7. The third-order valence-electron chi connectivity index (χ3n) is 10.7. The van der Waals surface area contributed by atoms with Gasteiger partial charge in [-0.3, -0.25) is 4.79 Å². The zero-order chi connectivity index (χ0) is 43.6. The fourth-order valence-corrected chi connectivity index (χ4v) is 7.43. The quantitative estimate of drug-likeness (QED) is 0.0770. The Hall–Kier alpha value is -1.53. The number of rotatable bonds is 14. The molecule has 27 nitrogen and oxygen atoms in total. The molecule has 5 rings (SSSR count). The lowest BCUT2D eigenvalue weighted by atomic mass is 9.94. The fraction of sp³-hybridized carbons (Fsp3) is 0.969. The number of aliphatic hydroxyl groups is 16. The first kappa shape index (κ1) is 48.5. The summed E-state index contributed by atoms with van der Waals surface area (Å²) in [6.07, 6.45) is -44.3. The molecule has 0 aromatic heterocycles. The van der Waals surface area contributed by atoms with Crippen molar-refractivity contribution in [2.45, 2.75) is 160 Å². The molecule has 25 atom stereocenters. The van der Waals surface area contributed by atoms with Crippen molar-refractivity contribution in [3.8, 4) is 0 Å². The zero-order valence-corrected chi connectivity index (χ0v) is 31.2. The van der Waals surface area contributed by atoms with Crippen LogP contribution in [0.3, 0.4) is 0 Å². The number of nitrogens with one attached hydrogen (secondary N) is 1. The molecule has 5 aliphatic heterocycles. The Morgan fingerprint density at radius 2 is 0.780 bits per heavy atom. The topological polar surface area (TPSA) is 436 Å². The maximum absolute atomic E-state index is 12.4. The van der Waals surface area contributed by atoms with Gasteiger partial charge in [0.1, 0.15) is 122 Å². The summed E-state index contributed by atoms with van der Waals surface area (Å²) in [4.78, 5) is 12.4. The first-order chi connectivity index (χ1) is 27.9. The van der Waals surface area contributed by atoms with Crippen LogP contribution >= 0.6 is 0 Å². The highest BCUT2D eigenvalue weighted by Crippen LogP contribution is 2.35. The lowest BCUT2D eigenvalue weighted by Gasteiger charge is -2.50. The fourth-order valence-electron chi connectivity index (χ4n) is 7.43. The summed E-state index contributed by atoms with van der Waals surface area (Å²) in [5, 5.41) is 169. The molecule has 5 saturated heterocycles. The van der Waals surface area contributed by atoms with Gasteiger partial charge in [0.25, 0.3) is 0 Å². The molecule has 27 heteroatoms. The normalized spacial score (nSPS) is 51.0. The van der Waals surface area contributed by atoms with Crippen LogP contribution in [0.2, 0.25) is 0 Å². The van der Waals surface area contributed by atoms with Crippen LogP contribution in [-0.4, -0.2) is 274 Å². The first-order valence-electron chi connectivity index (χ1n) is 18.6. The SMILES string of the molecule is CC(=O)NC1[C@H](O[C@@H]2C(O)[C@H](O[C@@H]3C(CO)OC(O)C(O)[C@H]3O)OC(CO)[C@@H]2O)OC(CO)[C@@H](O[C@@H]2OC(CO)[C@H](O)[C@H](O[C@@H]3OC(CO)[C@H](O)[C@H](O)C3O)C2O)[C@@H]1O. The molecule has 0 aromatic carbocycles. The average Bonchev–Trinajstić information content (AvgIpc) is 3.21. The second kappa shape index (κ2) is 20.8. The molecule has 0 bridgehead atoms. The highest BCUT2D eigenvalue weighted by atomic mass is 16.8. The average molecular weight is 870 g/mol. The van der Waals surface area contributed by atoms with Crippen LogP contribution < -0.4 is 5.32 Å². The molecule has 5 fully saturated rings. The van der Waals surface area contributed by atoms with Gasteiger partial charge in [-0.15, -0.1) is 0 Å². The predicted octanol–water partition coefficient (Wildman–Crippen LogP) is -11.8. The van der Waals surface area contributed by atoms with Crippen molar-refractivity contribution in [3.63, 3.8) is 0 Å². The molecule has 11 unspecified atom stereocenters. The van der Waals surface area contributed by atoms with Crippen LogP contribution in [0, 0.1) is 0 Å². The van der Waals surface area contributed by atoms with E-state index < -0.39 is 192 Å². The summed E-state index contributed by atoms with van der Waals surface area (Å²) in [5.41, 5.74) is 0. The van der Waals surface area contributed by atoms with Crippen molar-refractivity contribution in [1.29, 1.82) is 0 Å². The third kappa shape index (κ3) is 10.2. The number of carbonyl (C=O) groups is 1. The molecule has 344 valence electrons. The van der Waals surface area contributed by atoms with E-state index in [-0.39, 0.29) is 0 Å². The van der Waals surface area contributed by atoms with E-state index in [1.165, 1.54) is 0 Å². The van der Waals surface area contributed by atoms with Gasteiger partial charge in [0.05, 0.1) is 33.0 Å². The van der Waals surface area contributed by atoms with E-state index in [2.05, 4.69) is 5.32 Å². The minimum absolute atomic E-state index is 0.817. The van der Waals surface area contributed by atoms with Gasteiger partial charge in [0.15, 0.2) is 31.5 Å². The van der Waals surface area contributed by atoms with E-state index in [9.17, 15) is 86.5 Å². The lowest BCUT2D eigenvalue weighted by Crippen LogP contribution is -2.70. The van der Waals surface area contributed by atoms with Gasteiger partial charge in [-0.25, -0.2) is 0 Å². The van der Waals surface area contributed by atoms with Gasteiger partial charge in [-0.2, -0.15) is 0 Å². The molecule has 0 spiro atoms. The number of hydrogen-bond acceptors (Lipinski definition) is 26. The molecule has 1 amide bonds. The van der Waals surface area contributed by atoms with Crippen molar-refractivity contribution in [3.05, 3.63) is 0 Å². The van der Waals surface area contributed by atoms with E-state index in [0.29, 0.717) is 0 Å². The van der Waals surface area contributed by atoms with Crippen LogP contribution in [0.25, 0.3) is 0 Å². The summed E-state index contributed by atoms with van der Waals surface area (Å²) in [6, 6.07) is -1.72. The largest absolute Gasteiger partial charge is 0.394 e. The number of carbonyl (C=O) groups excluding carboxylic acids is 1. The van der Waals surface area contributed by atoms with Gasteiger partial charge >= 0.3 is 0 Å². The van der Waals surface area contributed by atoms with Crippen molar-refractivity contribution < 1.29 is 129 Å². The number of aliphatic hydroxyl groups excluding tert-OH is 16. The Morgan fingerprint density at radius 3 is 1.24 bits per heavy atom. The van der Waals surface area contributed by atoms with Crippen LogP contribution in [0.1, 0.15) is 6.92 Å². The van der Waals surface area contributed by atoms with Gasteiger partial charge in [0.2, 0.25) is 5.91 Å². The lowest BCUT2D eigenvalue weighted by molar-refractivity contribution is -0.386. The molecule has 59 heavy (non-hydrogen) atoms. The molecule has 5 heterocycles. The maximum atomic E-state index is 12.4. The van der Waals surface area contributed by atoms with Gasteiger partial charge in [-0.05, 0) is 0 Å². The molecule has 0 aliphatic carbocycles. The monoisotopic (exact) mass is 869 g/mol. The minimum Gasteiger partial charge on any atom is -0.394 e. The van der Waals surface area contributed by atoms with Gasteiger partial charge in [-0.1, -0.05) is 0 Å². The molecule has 0 radical (unpaired) electrons. The molecule has 5 aliphatic rings. The van der Waals surface area contributed by atoms with E-state index >= 15 is 0 Å². The highest BCUT2D eigenvalue weighted by Gasteiger charge is 2.57. The van der Waals surface area contributed by atoms with Crippen molar-refractivity contribution in [1.82, 2.24) is 5.32 Å². The van der Waals surface area contributed by atoms with E-state index in [1.54, 1.807) is 0 Å². The summed E-state index contributed by atoms with van der Waals surface area (Å²) in [7, 11) is 0. The van der Waals surface area contributed by atoms with E-state index in [1.807, 2.05) is 0 Å². The summed E-state index contributed by atoms with van der Waals surface area (Å²) in [6.45, 7) is -3.57. The van der Waals surface area contributed by atoms with Crippen molar-refractivity contribution in [2.75, 3.05) is 33.0 Å². The first-order valence-corrected chi connectivity index (χ1v) is 18.6. The third-order valence-corrected chi connectivity index (χ3v) is 10.7. The molecular formula is C32H55NO26. The summed E-state index contributed by atoms with van der Waals surface area (Å²) >= 11 is 0. The second-order valence-corrected chi connectivity index (χ2v) is 14.7. The smallest absolute Gasteiger partial charge is 0.217 e. The molecule has 0 aromatic rings. The Bertz CT molecular complexity index is 1320. The minimum atomic E-state index is -2.09. The van der Waals surface area contributed by atoms with E-state index in [4.69, 9.17) is 42.6 Å². The van der Waals surface area contributed by atoms with E-state index in [0.717, 1.165) is 6.92 Å². The molecular weight excluding hydrogens is 814 g/mol. The highest BCUT2D eigenvalue weighted by molar-refractivity contribution is 5.73. The summed E-state index contributed by atoms with van der Waals surface area (Å²) in [5.74, 6) is -0.817. The van der Waals surface area contributed by atoms with Crippen LogP contribution in [-0.2, 0) is 47.4 Å².